The van der Waals surface area contributed by atoms with Gasteiger partial charge < -0.3 is 10.2 Å². The number of oxime groups is 1. The molecule has 0 aliphatic rings. The van der Waals surface area contributed by atoms with Crippen LogP contribution < -0.4 is 5.32 Å². The summed E-state index contributed by atoms with van der Waals surface area (Å²) >= 11 is 0. The summed E-state index contributed by atoms with van der Waals surface area (Å²) in [7, 11) is 0. The van der Waals surface area contributed by atoms with Gasteiger partial charge in [0.25, 0.3) is 11.6 Å². The summed E-state index contributed by atoms with van der Waals surface area (Å²) in [4.78, 5) is 27.1. The Morgan fingerprint density at radius 3 is 2.43 bits per heavy atom. The quantitative estimate of drug-likeness (QED) is 0.379. The lowest BCUT2D eigenvalue weighted by molar-refractivity contribution is -0.384. The zero-order valence-corrected chi connectivity index (χ0v) is 14.8. The second kappa shape index (κ2) is 9.09. The van der Waals surface area contributed by atoms with E-state index >= 15 is 0 Å². The molecule has 0 spiro atoms. The summed E-state index contributed by atoms with van der Waals surface area (Å²) in [5, 5.41) is 17.1. The van der Waals surface area contributed by atoms with Gasteiger partial charge in [0, 0.05) is 23.4 Å². The lowest BCUT2D eigenvalue weighted by Gasteiger charge is -2.06. The predicted molar refractivity (Wildman–Crippen MR) is 107 cm³/mol. The molecule has 140 valence electrons. The third kappa shape index (κ3) is 5.25. The minimum Gasteiger partial charge on any atom is -0.386 e. The van der Waals surface area contributed by atoms with Crippen molar-refractivity contribution in [3.63, 3.8) is 0 Å². The second-order valence-corrected chi connectivity index (χ2v) is 5.85. The van der Waals surface area contributed by atoms with E-state index in [-0.39, 0.29) is 18.2 Å². The van der Waals surface area contributed by atoms with Crippen molar-refractivity contribution < 1.29 is 14.6 Å². The van der Waals surface area contributed by atoms with Crippen LogP contribution in [-0.4, -0.2) is 23.7 Å². The van der Waals surface area contributed by atoms with Crippen LogP contribution >= 0.6 is 0 Å². The van der Waals surface area contributed by atoms with E-state index in [9.17, 15) is 14.9 Å². The van der Waals surface area contributed by atoms with Crippen LogP contribution in [-0.2, 0) is 9.63 Å². The van der Waals surface area contributed by atoms with E-state index in [1.807, 2.05) is 54.6 Å². The first-order valence-electron chi connectivity index (χ1n) is 8.47. The van der Waals surface area contributed by atoms with Gasteiger partial charge in [0.05, 0.1) is 11.1 Å². The summed E-state index contributed by atoms with van der Waals surface area (Å²) in [5.74, 6) is -0.358. The molecule has 7 nitrogen and oxygen atoms in total. The molecule has 7 heteroatoms. The van der Waals surface area contributed by atoms with Crippen LogP contribution in [0, 0.1) is 10.1 Å². The van der Waals surface area contributed by atoms with Gasteiger partial charge in [-0.05, 0) is 23.3 Å². The van der Waals surface area contributed by atoms with Crippen molar-refractivity contribution in [3.8, 4) is 11.1 Å². The van der Waals surface area contributed by atoms with Gasteiger partial charge in [-0.25, -0.2) is 0 Å². The number of hydrogen-bond acceptors (Lipinski definition) is 5. The van der Waals surface area contributed by atoms with Gasteiger partial charge in [-0.2, -0.15) is 0 Å². The second-order valence-electron chi connectivity index (χ2n) is 5.85. The van der Waals surface area contributed by atoms with Crippen LogP contribution in [0.2, 0.25) is 0 Å². The molecule has 0 saturated heterocycles. The molecule has 0 bridgehead atoms. The van der Waals surface area contributed by atoms with Crippen molar-refractivity contribution in [2.45, 2.75) is 0 Å². The van der Waals surface area contributed by atoms with E-state index in [4.69, 9.17) is 4.84 Å². The molecule has 0 unspecified atom stereocenters. The Balaban J connectivity index is 1.49. The normalized spacial score (nSPS) is 10.6. The molecule has 0 aliphatic heterocycles. The number of rotatable bonds is 7. The highest BCUT2D eigenvalue weighted by Crippen LogP contribution is 2.20. The first-order valence-corrected chi connectivity index (χ1v) is 8.47. The molecule has 0 radical (unpaired) electrons. The van der Waals surface area contributed by atoms with Crippen molar-refractivity contribution in [2.24, 2.45) is 5.16 Å². The minimum atomic E-state index is -0.491. The molecule has 3 rings (SSSR count). The molecule has 0 atom stereocenters. The summed E-state index contributed by atoms with van der Waals surface area (Å²) in [6, 6.07) is 23.3. The van der Waals surface area contributed by atoms with Gasteiger partial charge >= 0.3 is 0 Å². The Morgan fingerprint density at radius 1 is 1.00 bits per heavy atom. The molecule has 1 amide bonds. The molecule has 3 aromatic carbocycles. The van der Waals surface area contributed by atoms with Gasteiger partial charge in [-0.3, -0.25) is 14.9 Å². The average molecular weight is 375 g/mol. The number of benzene rings is 3. The molecular formula is C21H17N3O4. The lowest BCUT2D eigenvalue weighted by atomic mass is 10.1. The maximum atomic E-state index is 11.9. The van der Waals surface area contributed by atoms with Crippen molar-refractivity contribution in [1.29, 1.82) is 0 Å². The van der Waals surface area contributed by atoms with Crippen LogP contribution in [0.25, 0.3) is 11.1 Å². The Morgan fingerprint density at radius 2 is 1.71 bits per heavy atom. The van der Waals surface area contributed by atoms with Gasteiger partial charge in [-0.15, -0.1) is 0 Å². The molecular weight excluding hydrogens is 358 g/mol. The summed E-state index contributed by atoms with van der Waals surface area (Å²) in [5.41, 5.74) is 3.26. The number of anilines is 1. The molecule has 0 heterocycles. The number of nitro groups is 1. The van der Waals surface area contributed by atoms with Crippen molar-refractivity contribution in [2.75, 3.05) is 11.9 Å². The third-order valence-electron chi connectivity index (χ3n) is 3.83. The molecule has 0 aromatic heterocycles. The van der Waals surface area contributed by atoms with Crippen molar-refractivity contribution >= 4 is 23.5 Å². The van der Waals surface area contributed by atoms with Crippen LogP contribution in [0.3, 0.4) is 0 Å². The first kappa shape index (κ1) is 18.8. The number of nitrogens with zero attached hydrogens (tertiary/aromatic N) is 2. The molecule has 3 aromatic rings. The van der Waals surface area contributed by atoms with E-state index in [0.717, 1.165) is 11.1 Å². The predicted octanol–water partition coefficient (Wildman–Crippen LogP) is 4.25. The van der Waals surface area contributed by atoms with Crippen LogP contribution in [0.5, 0.6) is 0 Å². The number of carbonyl (C=O) groups excluding carboxylic acids is 1. The Kier molecular flexibility index (Phi) is 6.10. The maximum absolute atomic E-state index is 11.9. The van der Waals surface area contributed by atoms with Gasteiger partial charge in [-0.1, -0.05) is 59.8 Å². The highest BCUT2D eigenvalue weighted by atomic mass is 16.6. The van der Waals surface area contributed by atoms with E-state index in [1.54, 1.807) is 12.1 Å². The number of amides is 1. The number of nitro benzene ring substituents is 1. The minimum absolute atomic E-state index is 0.0411. The highest BCUT2D eigenvalue weighted by Gasteiger charge is 2.05. The molecule has 0 aliphatic carbocycles. The van der Waals surface area contributed by atoms with Gasteiger partial charge in [0.1, 0.15) is 0 Å². The van der Waals surface area contributed by atoms with Crippen LogP contribution in [0.15, 0.2) is 84.0 Å². The summed E-state index contributed by atoms with van der Waals surface area (Å²) in [6.07, 6.45) is 1.31. The topological polar surface area (TPSA) is 93.8 Å². The Labute approximate surface area is 161 Å². The van der Waals surface area contributed by atoms with Crippen LogP contribution in [0.1, 0.15) is 5.56 Å². The SMILES string of the molecule is O=C(CO/N=C\c1cccc([N+](=O)[O-])c1)Nc1ccc(-c2ccccc2)cc1. The standard InChI is InChI=1S/C21H17N3O4/c25-21(15-28-22-14-16-5-4-8-20(13-16)24(26)27)23-19-11-9-18(10-12-19)17-6-2-1-3-7-17/h1-14H,15H2,(H,23,25)/b22-14-. The Bertz CT molecular complexity index is 986. The molecule has 0 fully saturated rings. The van der Waals surface area contributed by atoms with E-state index in [0.29, 0.717) is 11.3 Å². The van der Waals surface area contributed by atoms with Crippen molar-refractivity contribution in [1.82, 2.24) is 0 Å². The number of hydrogen-bond donors (Lipinski definition) is 1. The number of non-ortho nitro benzene ring substituents is 1. The lowest BCUT2D eigenvalue weighted by Crippen LogP contribution is -2.16. The summed E-state index contributed by atoms with van der Waals surface area (Å²) < 4.78 is 0. The number of carbonyl (C=O) groups is 1. The largest absolute Gasteiger partial charge is 0.386 e. The van der Waals surface area contributed by atoms with E-state index in [1.165, 1.54) is 18.3 Å². The molecule has 1 N–H and O–H groups in total. The fraction of sp³-hybridized carbons (Fsp3) is 0.0476. The molecule has 0 saturated carbocycles. The maximum Gasteiger partial charge on any atom is 0.270 e. The fourth-order valence-electron chi connectivity index (χ4n) is 2.49. The summed E-state index contributed by atoms with van der Waals surface area (Å²) in [6.45, 7) is -0.272. The van der Waals surface area contributed by atoms with E-state index in [2.05, 4.69) is 10.5 Å². The van der Waals surface area contributed by atoms with Gasteiger partial charge in [0.2, 0.25) is 0 Å². The monoisotopic (exact) mass is 375 g/mol. The zero-order chi connectivity index (χ0) is 19.8. The first-order chi connectivity index (χ1) is 13.6. The highest BCUT2D eigenvalue weighted by molar-refractivity contribution is 5.92. The van der Waals surface area contributed by atoms with E-state index < -0.39 is 4.92 Å². The van der Waals surface area contributed by atoms with Crippen LogP contribution in [0.4, 0.5) is 11.4 Å². The third-order valence-corrected chi connectivity index (χ3v) is 3.83. The van der Waals surface area contributed by atoms with Crippen molar-refractivity contribution in [3.05, 3.63) is 94.5 Å². The smallest absolute Gasteiger partial charge is 0.270 e. The Hall–Kier alpha value is -4.00. The fourth-order valence-corrected chi connectivity index (χ4v) is 2.49. The number of nitrogens with one attached hydrogen (secondary N) is 1. The average Bonchev–Trinajstić information content (AvgIpc) is 2.73. The zero-order valence-electron chi connectivity index (χ0n) is 14.8. The van der Waals surface area contributed by atoms with Gasteiger partial charge in [0.15, 0.2) is 6.61 Å². The molecule has 28 heavy (non-hydrogen) atoms.